The van der Waals surface area contributed by atoms with Gasteiger partial charge in [0.25, 0.3) is 0 Å². The molecule has 1 aromatic carbocycles. The van der Waals surface area contributed by atoms with Crippen LogP contribution in [-0.4, -0.2) is 32.8 Å². The zero-order chi connectivity index (χ0) is 13.5. The van der Waals surface area contributed by atoms with Gasteiger partial charge in [-0.1, -0.05) is 18.5 Å². The zero-order valence-corrected chi connectivity index (χ0v) is 11.5. The highest BCUT2D eigenvalue weighted by molar-refractivity contribution is 6.30. The minimum absolute atomic E-state index is 0.00173. The fourth-order valence-electron chi connectivity index (χ4n) is 1.65. The number of carbonyl (C=O) groups is 1. The summed E-state index contributed by atoms with van der Waals surface area (Å²) in [6, 6.07) is 6.71. The van der Waals surface area contributed by atoms with Crippen molar-refractivity contribution in [3.05, 3.63) is 29.3 Å². The molecule has 1 aromatic rings. The number of hydrogen-bond acceptors (Lipinski definition) is 4. The molecular weight excluding hydrogens is 254 g/mol. The first-order chi connectivity index (χ1) is 8.58. The highest BCUT2D eigenvalue weighted by atomic mass is 35.5. The van der Waals surface area contributed by atoms with Crippen molar-refractivity contribution in [1.82, 2.24) is 0 Å². The summed E-state index contributed by atoms with van der Waals surface area (Å²) in [5, 5.41) is 3.78. The van der Waals surface area contributed by atoms with Gasteiger partial charge in [0.1, 0.15) is 6.04 Å². The maximum absolute atomic E-state index is 11.7. The first-order valence-corrected chi connectivity index (χ1v) is 6.05. The maximum Gasteiger partial charge on any atom is 0.328 e. The molecule has 0 fully saturated rings. The molecule has 100 valence electrons. The lowest BCUT2D eigenvalue weighted by Gasteiger charge is -2.23. The van der Waals surface area contributed by atoms with Crippen LogP contribution in [-0.2, 0) is 14.3 Å². The Morgan fingerprint density at radius 1 is 1.33 bits per heavy atom. The van der Waals surface area contributed by atoms with Gasteiger partial charge < -0.3 is 14.8 Å². The average Bonchev–Trinajstić information content (AvgIpc) is 2.37. The molecule has 4 nitrogen and oxygen atoms in total. The highest BCUT2D eigenvalue weighted by Crippen LogP contribution is 2.17. The Kier molecular flexibility index (Phi) is 5.95. The molecule has 2 unspecified atom stereocenters. The van der Waals surface area contributed by atoms with Crippen LogP contribution in [0.5, 0.6) is 0 Å². The van der Waals surface area contributed by atoms with E-state index < -0.39 is 6.04 Å². The smallest absolute Gasteiger partial charge is 0.328 e. The molecule has 0 aliphatic carbocycles. The third-order valence-electron chi connectivity index (χ3n) is 2.62. The molecule has 0 aliphatic rings. The van der Waals surface area contributed by atoms with Crippen LogP contribution < -0.4 is 5.32 Å². The van der Waals surface area contributed by atoms with Crippen molar-refractivity contribution in [3.8, 4) is 0 Å². The van der Waals surface area contributed by atoms with Crippen molar-refractivity contribution in [1.29, 1.82) is 0 Å². The monoisotopic (exact) mass is 271 g/mol. The summed E-state index contributed by atoms with van der Waals surface area (Å²) < 4.78 is 9.86. The van der Waals surface area contributed by atoms with E-state index >= 15 is 0 Å². The van der Waals surface area contributed by atoms with Gasteiger partial charge in [-0.15, -0.1) is 0 Å². The number of esters is 1. The largest absolute Gasteiger partial charge is 0.467 e. The van der Waals surface area contributed by atoms with Crippen LogP contribution in [0, 0.1) is 5.92 Å². The average molecular weight is 272 g/mol. The Labute approximate surface area is 112 Å². The molecule has 1 N–H and O–H groups in total. The molecule has 1 rings (SSSR count). The second-order valence-corrected chi connectivity index (χ2v) is 4.52. The number of carbonyl (C=O) groups excluding carboxylic acids is 1. The topological polar surface area (TPSA) is 47.6 Å². The summed E-state index contributed by atoms with van der Waals surface area (Å²) >= 11 is 5.81. The predicted molar refractivity (Wildman–Crippen MR) is 71.9 cm³/mol. The number of benzene rings is 1. The van der Waals surface area contributed by atoms with Crippen LogP contribution in [0.1, 0.15) is 6.92 Å². The highest BCUT2D eigenvalue weighted by Gasteiger charge is 2.25. The summed E-state index contributed by atoms with van der Waals surface area (Å²) in [5.74, 6) is -0.312. The van der Waals surface area contributed by atoms with Crippen molar-refractivity contribution < 1.29 is 14.3 Å². The van der Waals surface area contributed by atoms with Gasteiger partial charge in [0.05, 0.1) is 13.7 Å². The quantitative estimate of drug-likeness (QED) is 0.808. The van der Waals surface area contributed by atoms with Crippen molar-refractivity contribution in [2.45, 2.75) is 13.0 Å². The molecule has 0 aromatic heterocycles. The Bertz CT molecular complexity index is 380. The maximum atomic E-state index is 11.7. The van der Waals surface area contributed by atoms with Crippen molar-refractivity contribution >= 4 is 23.3 Å². The van der Waals surface area contributed by atoms with Gasteiger partial charge in [-0.25, -0.2) is 4.79 Å². The Hall–Kier alpha value is -1.26. The predicted octanol–water partition coefficient (Wildman–Crippen LogP) is 2.58. The van der Waals surface area contributed by atoms with E-state index in [2.05, 4.69) is 5.32 Å². The third kappa shape index (κ3) is 4.20. The van der Waals surface area contributed by atoms with E-state index in [1.54, 1.807) is 19.2 Å². The number of methoxy groups -OCH3 is 2. The van der Waals surface area contributed by atoms with Gasteiger partial charge in [-0.2, -0.15) is 0 Å². The van der Waals surface area contributed by atoms with E-state index in [1.807, 2.05) is 19.1 Å². The normalized spacial score (nSPS) is 13.8. The number of halogens is 1. The van der Waals surface area contributed by atoms with E-state index in [4.69, 9.17) is 21.1 Å². The van der Waals surface area contributed by atoms with Crippen LogP contribution in [0.3, 0.4) is 0 Å². The molecule has 0 spiro atoms. The summed E-state index contributed by atoms with van der Waals surface area (Å²) in [5.41, 5.74) is 0.817. The molecule has 5 heteroatoms. The van der Waals surface area contributed by atoms with E-state index in [-0.39, 0.29) is 11.9 Å². The zero-order valence-electron chi connectivity index (χ0n) is 10.8. The summed E-state index contributed by atoms with van der Waals surface area (Å²) in [7, 11) is 2.98. The summed E-state index contributed by atoms with van der Waals surface area (Å²) in [6.07, 6.45) is 0. The fraction of sp³-hybridized carbons (Fsp3) is 0.462. The number of rotatable bonds is 6. The Morgan fingerprint density at radius 3 is 2.44 bits per heavy atom. The molecule has 0 heterocycles. The van der Waals surface area contributed by atoms with Gasteiger partial charge in [0.2, 0.25) is 0 Å². The summed E-state index contributed by atoms with van der Waals surface area (Å²) in [4.78, 5) is 11.7. The molecule has 0 bridgehead atoms. The number of anilines is 1. The van der Waals surface area contributed by atoms with E-state index in [1.165, 1.54) is 7.11 Å². The molecule has 18 heavy (non-hydrogen) atoms. The second-order valence-electron chi connectivity index (χ2n) is 4.08. The number of hydrogen-bond donors (Lipinski definition) is 1. The van der Waals surface area contributed by atoms with E-state index in [0.717, 1.165) is 5.69 Å². The summed E-state index contributed by atoms with van der Waals surface area (Å²) in [6.45, 7) is 2.40. The lowest BCUT2D eigenvalue weighted by Crippen LogP contribution is -2.38. The van der Waals surface area contributed by atoms with Gasteiger partial charge in [-0.3, -0.25) is 0 Å². The van der Waals surface area contributed by atoms with Gasteiger partial charge >= 0.3 is 5.97 Å². The van der Waals surface area contributed by atoms with Crippen LogP contribution in [0.25, 0.3) is 0 Å². The van der Waals surface area contributed by atoms with Crippen LogP contribution in [0.15, 0.2) is 24.3 Å². The van der Waals surface area contributed by atoms with E-state index in [9.17, 15) is 4.79 Å². The Morgan fingerprint density at radius 2 is 1.94 bits per heavy atom. The molecular formula is C13H18ClNO3. The van der Waals surface area contributed by atoms with Gasteiger partial charge in [0.15, 0.2) is 0 Å². The number of ether oxygens (including phenoxy) is 2. The van der Waals surface area contributed by atoms with Crippen LogP contribution in [0.2, 0.25) is 5.02 Å². The minimum atomic E-state index is -0.448. The van der Waals surface area contributed by atoms with Crippen molar-refractivity contribution in [3.63, 3.8) is 0 Å². The van der Waals surface area contributed by atoms with Crippen LogP contribution >= 0.6 is 11.6 Å². The van der Waals surface area contributed by atoms with Crippen LogP contribution in [0.4, 0.5) is 5.69 Å². The number of nitrogens with one attached hydrogen (secondary N) is 1. The van der Waals surface area contributed by atoms with E-state index in [0.29, 0.717) is 11.6 Å². The molecule has 0 radical (unpaired) electrons. The van der Waals surface area contributed by atoms with Crippen molar-refractivity contribution in [2.75, 3.05) is 26.1 Å². The van der Waals surface area contributed by atoms with Crippen molar-refractivity contribution in [2.24, 2.45) is 5.92 Å². The first kappa shape index (κ1) is 14.8. The molecule has 0 aliphatic heterocycles. The SMILES string of the molecule is COCC(C)C(Nc1ccc(Cl)cc1)C(=O)OC. The van der Waals surface area contributed by atoms with Gasteiger partial charge in [-0.05, 0) is 24.3 Å². The standard InChI is InChI=1S/C13H18ClNO3/c1-9(8-17-2)12(13(16)18-3)15-11-6-4-10(14)5-7-11/h4-7,9,12,15H,8H2,1-3H3. The minimum Gasteiger partial charge on any atom is -0.467 e. The third-order valence-corrected chi connectivity index (χ3v) is 2.87. The lowest BCUT2D eigenvalue weighted by atomic mass is 10.0. The fourth-order valence-corrected chi connectivity index (χ4v) is 1.77. The molecule has 0 amide bonds. The Balaban J connectivity index is 2.77. The first-order valence-electron chi connectivity index (χ1n) is 5.67. The molecule has 0 saturated heterocycles. The second kappa shape index (κ2) is 7.24. The lowest BCUT2D eigenvalue weighted by molar-refractivity contribution is -0.143. The molecule has 0 saturated carbocycles. The van der Waals surface area contributed by atoms with Gasteiger partial charge in [0, 0.05) is 23.7 Å². The molecule has 2 atom stereocenters.